The van der Waals surface area contributed by atoms with Crippen molar-refractivity contribution in [3.63, 3.8) is 0 Å². The van der Waals surface area contributed by atoms with Crippen molar-refractivity contribution in [2.24, 2.45) is 0 Å². The molecule has 116 valence electrons. The van der Waals surface area contributed by atoms with E-state index in [4.69, 9.17) is 0 Å². The van der Waals surface area contributed by atoms with Crippen LogP contribution in [0.2, 0.25) is 0 Å². The third kappa shape index (κ3) is 5.79. The van der Waals surface area contributed by atoms with Crippen LogP contribution in [0.25, 0.3) is 0 Å². The summed E-state index contributed by atoms with van der Waals surface area (Å²) in [6, 6.07) is 3.31. The number of nitrogens with zero attached hydrogens (tertiary/aromatic N) is 3. The van der Waals surface area contributed by atoms with Gasteiger partial charge in [0, 0.05) is 6.07 Å². The molecular formula is C16H25N3O2. The van der Waals surface area contributed by atoms with Crippen molar-refractivity contribution in [2.45, 2.75) is 51.4 Å². The van der Waals surface area contributed by atoms with E-state index in [2.05, 4.69) is 9.88 Å². The molecule has 0 aliphatic carbocycles. The topological polar surface area (TPSA) is 59.3 Å². The van der Waals surface area contributed by atoms with Crippen LogP contribution in [0.3, 0.4) is 0 Å². The molecule has 0 amide bonds. The van der Waals surface area contributed by atoms with Crippen LogP contribution in [-0.4, -0.2) is 34.4 Å². The fraction of sp³-hybridized carbons (Fsp3) is 0.688. The van der Waals surface area contributed by atoms with Crippen LogP contribution in [0.4, 0.5) is 5.82 Å². The fourth-order valence-electron chi connectivity index (χ4n) is 2.87. The molecule has 0 radical (unpaired) electrons. The Morgan fingerprint density at radius 3 is 2.52 bits per heavy atom. The second-order valence-corrected chi connectivity index (χ2v) is 5.85. The zero-order valence-corrected chi connectivity index (χ0v) is 12.7. The van der Waals surface area contributed by atoms with Crippen LogP contribution in [-0.2, 0) is 6.42 Å². The molecule has 1 saturated heterocycles. The molecule has 0 aromatic carbocycles. The molecule has 1 aliphatic rings. The zero-order valence-electron chi connectivity index (χ0n) is 12.7. The maximum atomic E-state index is 10.5. The Bertz CT molecular complexity index is 428. The van der Waals surface area contributed by atoms with Gasteiger partial charge in [-0.2, -0.15) is 0 Å². The highest BCUT2D eigenvalue weighted by Crippen LogP contribution is 2.13. The highest BCUT2D eigenvalue weighted by molar-refractivity contribution is 5.22. The summed E-state index contributed by atoms with van der Waals surface area (Å²) in [7, 11) is 0. The number of nitro groups is 1. The van der Waals surface area contributed by atoms with Crippen LogP contribution in [0.15, 0.2) is 18.3 Å². The Morgan fingerprint density at radius 2 is 1.86 bits per heavy atom. The highest BCUT2D eigenvalue weighted by atomic mass is 16.6. The van der Waals surface area contributed by atoms with Crippen molar-refractivity contribution in [3.05, 3.63) is 34.0 Å². The molecule has 5 heteroatoms. The molecule has 0 saturated carbocycles. The quantitative estimate of drug-likeness (QED) is 0.417. The number of unbranched alkanes of at least 4 members (excludes halogenated alkanes) is 3. The van der Waals surface area contributed by atoms with Gasteiger partial charge < -0.3 is 15.0 Å². The lowest BCUT2D eigenvalue weighted by molar-refractivity contribution is -0.389. The van der Waals surface area contributed by atoms with Crippen LogP contribution in [0, 0.1) is 10.1 Å². The highest BCUT2D eigenvalue weighted by Gasteiger charge is 2.09. The van der Waals surface area contributed by atoms with Crippen molar-refractivity contribution in [2.75, 3.05) is 19.6 Å². The number of aromatic nitrogens is 1. The third-order valence-corrected chi connectivity index (χ3v) is 4.13. The largest absolute Gasteiger partial charge is 0.363 e. The van der Waals surface area contributed by atoms with E-state index in [1.807, 2.05) is 6.07 Å². The van der Waals surface area contributed by atoms with Gasteiger partial charge in [0.15, 0.2) is 0 Å². The first-order valence-electron chi connectivity index (χ1n) is 8.07. The monoisotopic (exact) mass is 291 g/mol. The molecule has 0 N–H and O–H groups in total. The Hall–Kier alpha value is -1.49. The Morgan fingerprint density at radius 1 is 1.10 bits per heavy atom. The normalized spacial score (nSPS) is 16.0. The zero-order chi connectivity index (χ0) is 14.9. The lowest BCUT2D eigenvalue weighted by atomic mass is 10.1. The summed E-state index contributed by atoms with van der Waals surface area (Å²) in [6.07, 6.45) is 11.7. The Balaban J connectivity index is 1.54. The van der Waals surface area contributed by atoms with Crippen molar-refractivity contribution in [3.8, 4) is 0 Å². The first-order valence-corrected chi connectivity index (χ1v) is 8.07. The van der Waals surface area contributed by atoms with Gasteiger partial charge in [-0.3, -0.25) is 0 Å². The maximum absolute atomic E-state index is 10.5. The fourth-order valence-corrected chi connectivity index (χ4v) is 2.87. The van der Waals surface area contributed by atoms with Gasteiger partial charge in [-0.15, -0.1) is 0 Å². The Kier molecular flexibility index (Phi) is 6.60. The molecule has 0 atom stereocenters. The van der Waals surface area contributed by atoms with Gasteiger partial charge in [0.05, 0.1) is 0 Å². The van der Waals surface area contributed by atoms with E-state index < -0.39 is 4.92 Å². The lowest BCUT2D eigenvalue weighted by Crippen LogP contribution is -2.30. The van der Waals surface area contributed by atoms with E-state index in [1.165, 1.54) is 64.2 Å². The molecular weight excluding hydrogens is 266 g/mol. The average molecular weight is 291 g/mol. The van der Waals surface area contributed by atoms with Crippen molar-refractivity contribution in [1.29, 1.82) is 0 Å². The van der Waals surface area contributed by atoms with Gasteiger partial charge >= 0.3 is 5.82 Å². The van der Waals surface area contributed by atoms with E-state index in [9.17, 15) is 10.1 Å². The number of hydrogen-bond acceptors (Lipinski definition) is 4. The first kappa shape index (κ1) is 15.9. The summed E-state index contributed by atoms with van der Waals surface area (Å²) in [5.74, 6) is -0.0692. The van der Waals surface area contributed by atoms with E-state index in [0.29, 0.717) is 0 Å². The van der Waals surface area contributed by atoms with Gasteiger partial charge in [0.2, 0.25) is 0 Å². The van der Waals surface area contributed by atoms with E-state index in [-0.39, 0.29) is 5.82 Å². The van der Waals surface area contributed by atoms with E-state index in [0.717, 1.165) is 18.4 Å². The van der Waals surface area contributed by atoms with Crippen LogP contribution >= 0.6 is 0 Å². The summed E-state index contributed by atoms with van der Waals surface area (Å²) >= 11 is 0. The Labute approximate surface area is 126 Å². The smallest absolute Gasteiger partial charge is 0.358 e. The molecule has 21 heavy (non-hydrogen) atoms. The number of pyridine rings is 1. The number of aryl methyl sites for hydroxylation is 1. The SMILES string of the molecule is O=[N+]([O-])c1ccc(CCCCCCN2CCCCC2)cn1. The number of rotatable bonds is 8. The molecule has 0 unspecified atom stereocenters. The molecule has 2 heterocycles. The minimum atomic E-state index is -0.454. The van der Waals surface area contributed by atoms with Crippen molar-refractivity contribution >= 4 is 5.82 Å². The van der Waals surface area contributed by atoms with E-state index in [1.54, 1.807) is 6.20 Å². The molecule has 1 aromatic heterocycles. The molecule has 0 bridgehead atoms. The molecule has 2 rings (SSSR count). The summed E-state index contributed by atoms with van der Waals surface area (Å²) in [5.41, 5.74) is 1.09. The lowest BCUT2D eigenvalue weighted by Gasteiger charge is -2.26. The average Bonchev–Trinajstić information content (AvgIpc) is 2.52. The minimum Gasteiger partial charge on any atom is -0.358 e. The number of piperidine rings is 1. The van der Waals surface area contributed by atoms with Gasteiger partial charge in [-0.1, -0.05) is 19.3 Å². The van der Waals surface area contributed by atoms with Gasteiger partial charge in [0.1, 0.15) is 6.20 Å². The molecule has 5 nitrogen and oxygen atoms in total. The summed E-state index contributed by atoms with van der Waals surface area (Å²) in [6.45, 7) is 3.82. The summed E-state index contributed by atoms with van der Waals surface area (Å²) in [4.78, 5) is 16.5. The van der Waals surface area contributed by atoms with Crippen molar-refractivity contribution < 1.29 is 4.92 Å². The van der Waals surface area contributed by atoms with Crippen LogP contribution in [0.1, 0.15) is 50.5 Å². The van der Waals surface area contributed by atoms with Gasteiger partial charge in [0.25, 0.3) is 0 Å². The second kappa shape index (κ2) is 8.72. The number of likely N-dealkylation sites (tertiary alicyclic amines) is 1. The second-order valence-electron chi connectivity index (χ2n) is 5.85. The predicted molar refractivity (Wildman–Crippen MR) is 83.4 cm³/mol. The van der Waals surface area contributed by atoms with E-state index >= 15 is 0 Å². The van der Waals surface area contributed by atoms with Crippen LogP contribution in [0.5, 0.6) is 0 Å². The summed E-state index contributed by atoms with van der Waals surface area (Å²) < 4.78 is 0. The van der Waals surface area contributed by atoms with Gasteiger partial charge in [-0.05, 0) is 73.3 Å². The minimum absolute atomic E-state index is 0.0692. The third-order valence-electron chi connectivity index (χ3n) is 4.13. The standard InChI is InChI=1S/C16H25N3O2/c20-19(21)16-10-9-15(14-17-16)8-4-1-2-5-11-18-12-6-3-7-13-18/h9-10,14H,1-8,11-13H2. The molecule has 0 spiro atoms. The molecule has 1 aromatic rings. The van der Waals surface area contributed by atoms with Crippen LogP contribution < -0.4 is 0 Å². The number of hydrogen-bond donors (Lipinski definition) is 0. The predicted octanol–water partition coefficient (Wildman–Crippen LogP) is 3.58. The van der Waals surface area contributed by atoms with Crippen molar-refractivity contribution in [1.82, 2.24) is 9.88 Å². The summed E-state index contributed by atoms with van der Waals surface area (Å²) in [5, 5.41) is 10.5. The molecule has 1 aliphatic heterocycles. The first-order chi connectivity index (χ1) is 10.3. The molecule has 1 fully saturated rings. The maximum Gasteiger partial charge on any atom is 0.363 e. The van der Waals surface area contributed by atoms with Gasteiger partial charge in [-0.25, -0.2) is 0 Å².